The zero-order valence-electron chi connectivity index (χ0n) is 8.07. The third-order valence-electron chi connectivity index (χ3n) is 2.48. The van der Waals surface area contributed by atoms with Gasteiger partial charge in [0.1, 0.15) is 0 Å². The van der Waals surface area contributed by atoms with Crippen LogP contribution in [0.2, 0.25) is 0 Å². The first kappa shape index (κ1) is 8.75. The zero-order chi connectivity index (χ0) is 9.10. The molecule has 2 rings (SSSR count). The second-order valence-corrected chi connectivity index (χ2v) is 3.64. The standard InChI is InChI=1S/C10H16N2O/c1-9-4-6-12(11-9)7-5-10-3-2-8-13-10/h4,6,10H,2-3,5,7-8H2,1H3. The molecule has 0 amide bonds. The van der Waals surface area contributed by atoms with Gasteiger partial charge >= 0.3 is 0 Å². The van der Waals surface area contributed by atoms with E-state index in [9.17, 15) is 0 Å². The van der Waals surface area contributed by atoms with Crippen molar-refractivity contribution in [1.82, 2.24) is 9.78 Å². The highest BCUT2D eigenvalue weighted by molar-refractivity contribution is 4.94. The highest BCUT2D eigenvalue weighted by Gasteiger charge is 2.14. The number of aromatic nitrogens is 2. The molecule has 0 N–H and O–H groups in total. The minimum atomic E-state index is 0.476. The van der Waals surface area contributed by atoms with Gasteiger partial charge in [-0.15, -0.1) is 0 Å². The Bertz CT molecular complexity index is 264. The maximum absolute atomic E-state index is 5.54. The number of rotatable bonds is 3. The monoisotopic (exact) mass is 180 g/mol. The normalized spacial score (nSPS) is 22.4. The topological polar surface area (TPSA) is 27.1 Å². The summed E-state index contributed by atoms with van der Waals surface area (Å²) in [5.41, 5.74) is 1.09. The van der Waals surface area contributed by atoms with Crippen LogP contribution in [-0.4, -0.2) is 22.5 Å². The van der Waals surface area contributed by atoms with E-state index in [4.69, 9.17) is 4.74 Å². The summed E-state index contributed by atoms with van der Waals surface area (Å²) in [6, 6.07) is 2.04. The molecule has 1 atom stereocenters. The highest BCUT2D eigenvalue weighted by atomic mass is 16.5. The minimum Gasteiger partial charge on any atom is -0.378 e. The summed E-state index contributed by atoms with van der Waals surface area (Å²) in [5.74, 6) is 0. The van der Waals surface area contributed by atoms with E-state index in [0.717, 1.165) is 25.3 Å². The van der Waals surface area contributed by atoms with Gasteiger partial charge in [-0.1, -0.05) is 0 Å². The molecule has 3 nitrogen and oxygen atoms in total. The summed E-state index contributed by atoms with van der Waals surface area (Å²) in [7, 11) is 0. The maximum atomic E-state index is 5.54. The van der Waals surface area contributed by atoms with Crippen molar-refractivity contribution in [2.24, 2.45) is 0 Å². The lowest BCUT2D eigenvalue weighted by Crippen LogP contribution is -2.10. The number of hydrogen-bond acceptors (Lipinski definition) is 2. The second-order valence-electron chi connectivity index (χ2n) is 3.64. The van der Waals surface area contributed by atoms with Crippen LogP contribution >= 0.6 is 0 Å². The van der Waals surface area contributed by atoms with Crippen molar-refractivity contribution in [2.75, 3.05) is 6.61 Å². The highest BCUT2D eigenvalue weighted by Crippen LogP contribution is 2.15. The summed E-state index contributed by atoms with van der Waals surface area (Å²) < 4.78 is 7.54. The largest absolute Gasteiger partial charge is 0.378 e. The van der Waals surface area contributed by atoms with Gasteiger partial charge in [0.25, 0.3) is 0 Å². The van der Waals surface area contributed by atoms with Gasteiger partial charge in [-0.3, -0.25) is 4.68 Å². The van der Waals surface area contributed by atoms with Crippen molar-refractivity contribution in [3.05, 3.63) is 18.0 Å². The van der Waals surface area contributed by atoms with Gasteiger partial charge in [-0.25, -0.2) is 0 Å². The molecule has 1 aliphatic heterocycles. The maximum Gasteiger partial charge on any atom is 0.0593 e. The van der Waals surface area contributed by atoms with Crippen LogP contribution in [0.15, 0.2) is 12.3 Å². The Hall–Kier alpha value is -0.830. The summed E-state index contributed by atoms with van der Waals surface area (Å²) in [4.78, 5) is 0. The predicted molar refractivity (Wildman–Crippen MR) is 50.6 cm³/mol. The van der Waals surface area contributed by atoms with E-state index in [2.05, 4.69) is 5.10 Å². The third-order valence-corrected chi connectivity index (χ3v) is 2.48. The van der Waals surface area contributed by atoms with Crippen LogP contribution in [-0.2, 0) is 11.3 Å². The fourth-order valence-corrected chi connectivity index (χ4v) is 1.74. The van der Waals surface area contributed by atoms with Crippen LogP contribution in [0.1, 0.15) is 25.0 Å². The molecule has 2 heterocycles. The van der Waals surface area contributed by atoms with Gasteiger partial charge in [0, 0.05) is 19.3 Å². The van der Waals surface area contributed by atoms with Gasteiger partial charge in [-0.05, 0) is 32.3 Å². The molecule has 13 heavy (non-hydrogen) atoms. The van der Waals surface area contributed by atoms with Crippen LogP contribution in [0.25, 0.3) is 0 Å². The predicted octanol–water partition coefficient (Wildman–Crippen LogP) is 1.76. The van der Waals surface area contributed by atoms with Gasteiger partial charge in [0.15, 0.2) is 0 Å². The lowest BCUT2D eigenvalue weighted by atomic mass is 10.2. The Morgan fingerprint density at radius 3 is 3.23 bits per heavy atom. The zero-order valence-corrected chi connectivity index (χ0v) is 8.07. The van der Waals surface area contributed by atoms with Crippen molar-refractivity contribution in [3.63, 3.8) is 0 Å². The first-order chi connectivity index (χ1) is 6.34. The smallest absolute Gasteiger partial charge is 0.0593 e. The molecule has 1 aromatic rings. The molecule has 72 valence electrons. The van der Waals surface area contributed by atoms with Gasteiger partial charge in [-0.2, -0.15) is 5.10 Å². The van der Waals surface area contributed by atoms with Crippen molar-refractivity contribution in [3.8, 4) is 0 Å². The number of ether oxygens (including phenoxy) is 1. The SMILES string of the molecule is Cc1ccn(CCC2CCCO2)n1. The van der Waals surface area contributed by atoms with Crippen LogP contribution in [0.5, 0.6) is 0 Å². The van der Waals surface area contributed by atoms with Gasteiger partial charge in [0.2, 0.25) is 0 Å². The van der Waals surface area contributed by atoms with Gasteiger partial charge in [0.05, 0.1) is 11.8 Å². The first-order valence-electron chi connectivity index (χ1n) is 4.96. The van der Waals surface area contributed by atoms with Crippen LogP contribution in [0.4, 0.5) is 0 Å². The van der Waals surface area contributed by atoms with E-state index in [0.29, 0.717) is 6.10 Å². The molecule has 1 saturated heterocycles. The molecular formula is C10H16N2O. The summed E-state index contributed by atoms with van der Waals surface area (Å²) in [5, 5.41) is 4.33. The van der Waals surface area contributed by atoms with Crippen molar-refractivity contribution in [2.45, 2.75) is 38.8 Å². The summed E-state index contributed by atoms with van der Waals surface area (Å²) >= 11 is 0. The summed E-state index contributed by atoms with van der Waals surface area (Å²) in [6.45, 7) is 3.95. The lowest BCUT2D eigenvalue weighted by molar-refractivity contribution is 0.0994. The molecule has 0 radical (unpaired) electrons. The molecule has 1 aliphatic rings. The first-order valence-corrected chi connectivity index (χ1v) is 4.96. The van der Waals surface area contributed by atoms with Crippen molar-refractivity contribution in [1.29, 1.82) is 0 Å². The molecule has 0 spiro atoms. The molecule has 1 unspecified atom stereocenters. The van der Waals surface area contributed by atoms with E-state index in [1.165, 1.54) is 12.8 Å². The average molecular weight is 180 g/mol. The lowest BCUT2D eigenvalue weighted by Gasteiger charge is -2.08. The van der Waals surface area contributed by atoms with E-state index in [1.807, 2.05) is 23.9 Å². The molecule has 1 fully saturated rings. The molecule has 3 heteroatoms. The molecule has 0 bridgehead atoms. The number of hydrogen-bond donors (Lipinski definition) is 0. The second kappa shape index (κ2) is 3.92. The molecule has 0 aliphatic carbocycles. The quantitative estimate of drug-likeness (QED) is 0.708. The number of aryl methyl sites for hydroxylation is 2. The Morgan fingerprint density at radius 1 is 1.69 bits per heavy atom. The molecule has 0 aromatic carbocycles. The van der Waals surface area contributed by atoms with Crippen LogP contribution < -0.4 is 0 Å². The summed E-state index contributed by atoms with van der Waals surface area (Å²) in [6.07, 6.45) is 6.05. The van der Waals surface area contributed by atoms with E-state index in [1.54, 1.807) is 0 Å². The minimum absolute atomic E-state index is 0.476. The van der Waals surface area contributed by atoms with E-state index in [-0.39, 0.29) is 0 Å². The Morgan fingerprint density at radius 2 is 2.62 bits per heavy atom. The van der Waals surface area contributed by atoms with E-state index >= 15 is 0 Å². The third kappa shape index (κ3) is 2.31. The van der Waals surface area contributed by atoms with E-state index < -0.39 is 0 Å². The Labute approximate surface area is 78.7 Å². The fourth-order valence-electron chi connectivity index (χ4n) is 1.74. The molecular weight excluding hydrogens is 164 g/mol. The van der Waals surface area contributed by atoms with Crippen molar-refractivity contribution < 1.29 is 4.74 Å². The van der Waals surface area contributed by atoms with Gasteiger partial charge < -0.3 is 4.74 Å². The average Bonchev–Trinajstić information content (AvgIpc) is 2.71. The van der Waals surface area contributed by atoms with Crippen LogP contribution in [0, 0.1) is 6.92 Å². The Balaban J connectivity index is 1.78. The van der Waals surface area contributed by atoms with Crippen molar-refractivity contribution >= 4 is 0 Å². The van der Waals surface area contributed by atoms with Crippen LogP contribution in [0.3, 0.4) is 0 Å². The molecule has 0 saturated carbocycles. The molecule has 1 aromatic heterocycles. The fraction of sp³-hybridized carbons (Fsp3) is 0.700. The number of nitrogens with zero attached hydrogens (tertiary/aromatic N) is 2. The Kier molecular flexibility index (Phi) is 2.64.